The molecule has 4 nitrogen and oxygen atoms in total. The summed E-state index contributed by atoms with van der Waals surface area (Å²) in [6, 6.07) is 3.76. The monoisotopic (exact) mass is 303 g/mol. The van der Waals surface area contributed by atoms with E-state index in [0.29, 0.717) is 18.8 Å². The third kappa shape index (κ3) is 4.45. The van der Waals surface area contributed by atoms with Gasteiger partial charge in [0.05, 0.1) is 6.61 Å². The van der Waals surface area contributed by atoms with Crippen molar-refractivity contribution in [3.8, 4) is 5.75 Å². The van der Waals surface area contributed by atoms with Crippen molar-refractivity contribution in [1.29, 1.82) is 0 Å². The van der Waals surface area contributed by atoms with Crippen molar-refractivity contribution in [1.82, 2.24) is 4.72 Å². The summed E-state index contributed by atoms with van der Waals surface area (Å²) in [5.41, 5.74) is -0.633. The molecule has 0 saturated carbocycles. The standard InChI is InChI=1S/C14H22FNO3S/c1-5-9-19-11-7-8-12(15)13(10-11)20(17,18)16-14(3,4)6-2/h7-8,10,16H,5-6,9H2,1-4H3. The smallest absolute Gasteiger partial charge is 0.244 e. The molecule has 0 heterocycles. The summed E-state index contributed by atoms with van der Waals surface area (Å²) in [5, 5.41) is 0. The van der Waals surface area contributed by atoms with Gasteiger partial charge in [0.15, 0.2) is 0 Å². The van der Waals surface area contributed by atoms with Gasteiger partial charge in [-0.05, 0) is 38.8 Å². The third-order valence-electron chi connectivity index (χ3n) is 2.96. The molecule has 1 N–H and O–H groups in total. The lowest BCUT2D eigenvalue weighted by Gasteiger charge is -2.24. The van der Waals surface area contributed by atoms with Crippen LogP contribution in [0, 0.1) is 5.82 Å². The van der Waals surface area contributed by atoms with Gasteiger partial charge in [-0.2, -0.15) is 0 Å². The van der Waals surface area contributed by atoms with Crippen LogP contribution in [0.5, 0.6) is 5.75 Å². The Morgan fingerprint density at radius 2 is 1.95 bits per heavy atom. The van der Waals surface area contributed by atoms with E-state index in [4.69, 9.17) is 4.74 Å². The molecule has 6 heteroatoms. The SMILES string of the molecule is CCCOc1ccc(F)c(S(=O)(=O)NC(C)(C)CC)c1. The first-order chi connectivity index (χ1) is 9.22. The second-order valence-corrected chi connectivity index (χ2v) is 6.93. The molecule has 1 aromatic carbocycles. The molecule has 1 rings (SSSR count). The Morgan fingerprint density at radius 1 is 1.30 bits per heavy atom. The van der Waals surface area contributed by atoms with E-state index in [0.717, 1.165) is 12.5 Å². The molecule has 1 aromatic rings. The number of ether oxygens (including phenoxy) is 1. The van der Waals surface area contributed by atoms with E-state index in [1.807, 2.05) is 13.8 Å². The first-order valence-corrected chi connectivity index (χ1v) is 8.16. The van der Waals surface area contributed by atoms with Gasteiger partial charge in [-0.15, -0.1) is 0 Å². The lowest BCUT2D eigenvalue weighted by atomic mass is 10.0. The number of sulfonamides is 1. The van der Waals surface area contributed by atoms with Crippen molar-refractivity contribution in [3.05, 3.63) is 24.0 Å². The maximum Gasteiger partial charge on any atom is 0.244 e. The van der Waals surface area contributed by atoms with Crippen molar-refractivity contribution in [2.75, 3.05) is 6.61 Å². The van der Waals surface area contributed by atoms with E-state index in [-0.39, 0.29) is 4.90 Å². The van der Waals surface area contributed by atoms with Gasteiger partial charge in [0.25, 0.3) is 0 Å². The molecule has 0 aliphatic carbocycles. The number of hydrogen-bond acceptors (Lipinski definition) is 3. The maximum absolute atomic E-state index is 13.8. The van der Waals surface area contributed by atoms with E-state index in [1.165, 1.54) is 12.1 Å². The summed E-state index contributed by atoms with van der Waals surface area (Å²) in [6.45, 7) is 7.75. The topological polar surface area (TPSA) is 55.4 Å². The summed E-state index contributed by atoms with van der Waals surface area (Å²) in [4.78, 5) is -0.382. The van der Waals surface area contributed by atoms with Crippen molar-refractivity contribution in [2.24, 2.45) is 0 Å². The van der Waals surface area contributed by atoms with Crippen molar-refractivity contribution >= 4 is 10.0 Å². The Morgan fingerprint density at radius 3 is 2.50 bits per heavy atom. The van der Waals surface area contributed by atoms with Gasteiger partial charge in [0.1, 0.15) is 16.5 Å². The van der Waals surface area contributed by atoms with Crippen LogP contribution in [0.4, 0.5) is 4.39 Å². The number of benzene rings is 1. The van der Waals surface area contributed by atoms with Gasteiger partial charge in [0, 0.05) is 11.6 Å². The second-order valence-electron chi connectivity index (χ2n) is 5.28. The van der Waals surface area contributed by atoms with E-state index in [2.05, 4.69) is 4.72 Å². The molecule has 0 radical (unpaired) electrons. The number of hydrogen-bond donors (Lipinski definition) is 1. The minimum atomic E-state index is -3.91. The number of halogens is 1. The minimum Gasteiger partial charge on any atom is -0.494 e. The predicted molar refractivity (Wildman–Crippen MR) is 76.9 cm³/mol. The molecule has 0 aliphatic rings. The Kier molecular flexibility index (Phi) is 5.53. The molecule has 0 fully saturated rings. The van der Waals surface area contributed by atoms with Crippen LogP contribution in [-0.4, -0.2) is 20.6 Å². The highest BCUT2D eigenvalue weighted by Crippen LogP contribution is 2.23. The van der Waals surface area contributed by atoms with E-state index in [9.17, 15) is 12.8 Å². The summed E-state index contributed by atoms with van der Waals surface area (Å²) in [7, 11) is -3.91. The zero-order chi connectivity index (χ0) is 15.4. The number of nitrogens with one attached hydrogen (secondary N) is 1. The van der Waals surface area contributed by atoms with Crippen LogP contribution in [0.2, 0.25) is 0 Å². The maximum atomic E-state index is 13.8. The van der Waals surface area contributed by atoms with E-state index < -0.39 is 21.4 Å². The largest absolute Gasteiger partial charge is 0.494 e. The highest BCUT2D eigenvalue weighted by atomic mass is 32.2. The van der Waals surface area contributed by atoms with E-state index >= 15 is 0 Å². The van der Waals surface area contributed by atoms with Crippen LogP contribution < -0.4 is 9.46 Å². The van der Waals surface area contributed by atoms with Crippen LogP contribution >= 0.6 is 0 Å². The van der Waals surface area contributed by atoms with Gasteiger partial charge in [-0.3, -0.25) is 0 Å². The highest BCUT2D eigenvalue weighted by Gasteiger charge is 2.27. The molecule has 0 saturated heterocycles. The quantitative estimate of drug-likeness (QED) is 0.842. The predicted octanol–water partition coefficient (Wildman–Crippen LogP) is 3.08. The van der Waals surface area contributed by atoms with Crippen LogP contribution in [-0.2, 0) is 10.0 Å². The zero-order valence-corrected chi connectivity index (χ0v) is 13.2. The zero-order valence-electron chi connectivity index (χ0n) is 12.4. The molecule has 0 amide bonds. The average molecular weight is 303 g/mol. The molecular formula is C14H22FNO3S. The summed E-state index contributed by atoms with van der Waals surface area (Å²) in [5.74, 6) is -0.434. The second kappa shape index (κ2) is 6.54. The molecular weight excluding hydrogens is 281 g/mol. The molecule has 0 aromatic heterocycles. The van der Waals surface area contributed by atoms with Gasteiger partial charge >= 0.3 is 0 Å². The highest BCUT2D eigenvalue weighted by molar-refractivity contribution is 7.89. The Balaban J connectivity index is 3.10. The van der Waals surface area contributed by atoms with Gasteiger partial charge in [-0.1, -0.05) is 13.8 Å². The molecule has 0 bridgehead atoms. The van der Waals surface area contributed by atoms with E-state index in [1.54, 1.807) is 13.8 Å². The third-order valence-corrected chi connectivity index (χ3v) is 4.67. The van der Waals surface area contributed by atoms with Crippen molar-refractivity contribution in [3.63, 3.8) is 0 Å². The molecule has 0 unspecified atom stereocenters. The van der Waals surface area contributed by atoms with Crippen LogP contribution in [0.15, 0.2) is 23.1 Å². The molecule has 114 valence electrons. The van der Waals surface area contributed by atoms with Crippen LogP contribution in [0.3, 0.4) is 0 Å². The molecule has 0 aliphatic heterocycles. The summed E-state index contributed by atoms with van der Waals surface area (Å²) >= 11 is 0. The summed E-state index contributed by atoms with van der Waals surface area (Å²) < 4.78 is 46.1. The molecule has 0 spiro atoms. The Bertz CT molecular complexity index is 556. The Labute approximate surface area is 120 Å². The van der Waals surface area contributed by atoms with Gasteiger partial charge < -0.3 is 4.74 Å². The fraction of sp³-hybridized carbons (Fsp3) is 0.571. The number of rotatable bonds is 7. The fourth-order valence-corrected chi connectivity index (χ4v) is 3.07. The molecule has 0 atom stereocenters. The first kappa shape index (κ1) is 16.9. The normalized spacial score (nSPS) is 12.4. The van der Waals surface area contributed by atoms with Gasteiger partial charge in [-0.25, -0.2) is 17.5 Å². The fourth-order valence-electron chi connectivity index (χ4n) is 1.49. The first-order valence-electron chi connectivity index (χ1n) is 6.68. The van der Waals surface area contributed by atoms with Crippen LogP contribution in [0.1, 0.15) is 40.5 Å². The van der Waals surface area contributed by atoms with Gasteiger partial charge in [0.2, 0.25) is 10.0 Å². The lowest BCUT2D eigenvalue weighted by molar-refractivity contribution is 0.315. The van der Waals surface area contributed by atoms with Crippen molar-refractivity contribution in [2.45, 2.75) is 51.0 Å². The molecule has 20 heavy (non-hydrogen) atoms. The average Bonchev–Trinajstić information content (AvgIpc) is 2.36. The minimum absolute atomic E-state index is 0.350. The lowest BCUT2D eigenvalue weighted by Crippen LogP contribution is -2.42. The Hall–Kier alpha value is -1.14. The van der Waals surface area contributed by atoms with Crippen molar-refractivity contribution < 1.29 is 17.5 Å². The van der Waals surface area contributed by atoms with Crippen LogP contribution in [0.25, 0.3) is 0 Å². The summed E-state index contributed by atoms with van der Waals surface area (Å²) in [6.07, 6.45) is 1.39.